The Labute approximate surface area is 302 Å². The van der Waals surface area contributed by atoms with E-state index >= 15 is 0 Å². The van der Waals surface area contributed by atoms with Crippen molar-refractivity contribution >= 4 is 39.1 Å². The van der Waals surface area contributed by atoms with E-state index in [1.54, 1.807) is 24.3 Å². The van der Waals surface area contributed by atoms with Gasteiger partial charge in [0.1, 0.15) is 18.0 Å². The number of alkyl halides is 2. The van der Waals surface area contributed by atoms with E-state index in [2.05, 4.69) is 15.7 Å². The molecule has 2 amide bonds. The normalized spacial score (nSPS) is 32.1. The SMILES string of the molecule is CC1(C)OC/C=C/[C@H](OCC(=O)N2C[C@@H](F)[C@@H](F)C2)[C@@H]2CC[C@H]2CN2C[C@@]3(CCCc4cc(Cl)ccc43)COc3ccc(cc32)S(=O)(=O)NC1=O. The molecule has 14 heteroatoms. The minimum absolute atomic E-state index is 0.0207. The van der Waals surface area contributed by atoms with Crippen molar-refractivity contribution in [1.82, 2.24) is 9.62 Å². The van der Waals surface area contributed by atoms with E-state index in [1.165, 1.54) is 31.0 Å². The minimum atomic E-state index is -4.28. The molecule has 7 rings (SSSR count). The fourth-order valence-corrected chi connectivity index (χ4v) is 9.44. The molecule has 3 heterocycles. The van der Waals surface area contributed by atoms with Crippen LogP contribution >= 0.6 is 11.6 Å². The second-order valence-corrected chi connectivity index (χ2v) is 17.1. The van der Waals surface area contributed by atoms with Crippen LogP contribution in [0.4, 0.5) is 14.5 Å². The first-order valence-corrected chi connectivity index (χ1v) is 19.5. The third-order valence-corrected chi connectivity index (χ3v) is 12.8. The molecule has 2 aromatic carbocycles. The standard InChI is InChI=1S/C37H44ClF2N3O7S/c1-36(2)35(45)41-51(46,47)26-9-12-33-31(16-26)43(21-37(22-49-33)13-3-5-23-15-25(38)8-11-28(23)37)17-24-7-10-27(24)32(6-4-14-50-36)48-20-34(44)42-18-29(39)30(40)19-42/h4,6,8-9,11-12,15-16,24,27,29-30,32H,3,5,7,10,13-14,17-22H2,1-2H3,(H,41,45)/b6-4+/t24-,27+,29-,30+,32-,37-/m0/s1. The molecule has 276 valence electrons. The Morgan fingerprint density at radius 1 is 1.10 bits per heavy atom. The van der Waals surface area contributed by atoms with Gasteiger partial charge in [0.25, 0.3) is 15.9 Å². The van der Waals surface area contributed by atoms with Gasteiger partial charge in [-0.05, 0) is 99.2 Å². The van der Waals surface area contributed by atoms with E-state index in [9.17, 15) is 26.8 Å². The highest BCUT2D eigenvalue weighted by Gasteiger charge is 2.45. The molecule has 2 aromatic rings. The molecule has 10 nitrogen and oxygen atoms in total. The van der Waals surface area contributed by atoms with Crippen LogP contribution in [-0.2, 0) is 40.9 Å². The zero-order valence-electron chi connectivity index (χ0n) is 28.8. The van der Waals surface area contributed by atoms with Gasteiger partial charge in [-0.25, -0.2) is 21.9 Å². The maximum Gasteiger partial charge on any atom is 0.265 e. The number of rotatable bonds is 3. The molecule has 2 aliphatic carbocycles. The number of hydrogen-bond acceptors (Lipinski definition) is 8. The molecular formula is C37H44ClF2N3O7S. The van der Waals surface area contributed by atoms with Gasteiger partial charge in [-0.3, -0.25) is 9.59 Å². The van der Waals surface area contributed by atoms with Gasteiger partial charge < -0.3 is 24.0 Å². The van der Waals surface area contributed by atoms with Gasteiger partial charge in [-0.2, -0.15) is 0 Å². The lowest BCUT2D eigenvalue weighted by Crippen LogP contribution is -2.50. The molecule has 0 aromatic heterocycles. The van der Waals surface area contributed by atoms with Crippen molar-refractivity contribution < 1.29 is 41.0 Å². The Kier molecular flexibility index (Phi) is 9.87. The van der Waals surface area contributed by atoms with Gasteiger partial charge >= 0.3 is 0 Å². The predicted octanol–water partition coefficient (Wildman–Crippen LogP) is 4.91. The third kappa shape index (κ3) is 7.23. The summed E-state index contributed by atoms with van der Waals surface area (Å²) in [6.45, 7) is 3.49. The summed E-state index contributed by atoms with van der Waals surface area (Å²) in [5.74, 6) is -0.697. The summed E-state index contributed by atoms with van der Waals surface area (Å²) in [7, 11) is -4.28. The number of anilines is 1. The number of nitrogens with zero attached hydrogens (tertiary/aromatic N) is 2. The zero-order chi connectivity index (χ0) is 36.1. The van der Waals surface area contributed by atoms with Crippen molar-refractivity contribution in [2.75, 3.05) is 50.9 Å². The van der Waals surface area contributed by atoms with Gasteiger partial charge in [0.15, 0.2) is 12.3 Å². The summed E-state index contributed by atoms with van der Waals surface area (Å²) in [5.41, 5.74) is 1.05. The maximum absolute atomic E-state index is 13.9. The number of carbonyl (C=O) groups is 2. The smallest absolute Gasteiger partial charge is 0.265 e. The van der Waals surface area contributed by atoms with Gasteiger partial charge in [0.2, 0.25) is 5.91 Å². The largest absolute Gasteiger partial charge is 0.490 e. The number of hydrogen-bond donors (Lipinski definition) is 1. The number of fused-ring (bicyclic) bond motifs is 4. The number of halogens is 3. The van der Waals surface area contributed by atoms with Crippen molar-refractivity contribution in [3.05, 3.63) is 64.7 Å². The van der Waals surface area contributed by atoms with Crippen LogP contribution in [0.25, 0.3) is 0 Å². The van der Waals surface area contributed by atoms with Gasteiger partial charge in [0, 0.05) is 23.5 Å². The monoisotopic (exact) mass is 747 g/mol. The number of carbonyl (C=O) groups excluding carboxylic acids is 2. The van der Waals surface area contributed by atoms with Gasteiger partial charge in [-0.15, -0.1) is 0 Å². The summed E-state index contributed by atoms with van der Waals surface area (Å²) < 4.78 is 75.8. The molecule has 2 bridgehead atoms. The third-order valence-electron chi connectivity index (χ3n) is 11.2. The molecule has 3 aliphatic heterocycles. The number of amides is 2. The molecule has 1 spiro atoms. The van der Waals surface area contributed by atoms with Crippen LogP contribution in [0.15, 0.2) is 53.4 Å². The molecule has 2 fully saturated rings. The average Bonchev–Trinajstić information content (AvgIpc) is 3.33. The fraction of sp³-hybridized carbons (Fsp3) is 0.568. The zero-order valence-corrected chi connectivity index (χ0v) is 30.4. The summed E-state index contributed by atoms with van der Waals surface area (Å²) in [6.07, 6.45) is 3.94. The average molecular weight is 748 g/mol. The molecule has 0 radical (unpaired) electrons. The first-order chi connectivity index (χ1) is 24.2. The minimum Gasteiger partial charge on any atom is -0.490 e. The van der Waals surface area contributed by atoms with E-state index in [0.29, 0.717) is 36.2 Å². The highest BCUT2D eigenvalue weighted by atomic mass is 35.5. The highest BCUT2D eigenvalue weighted by Crippen LogP contribution is 2.47. The van der Waals surface area contributed by atoms with E-state index in [-0.39, 0.29) is 43.0 Å². The topological polar surface area (TPSA) is 114 Å². The van der Waals surface area contributed by atoms with Crippen molar-refractivity contribution in [2.24, 2.45) is 11.8 Å². The molecule has 6 atom stereocenters. The van der Waals surface area contributed by atoms with Crippen LogP contribution in [0.3, 0.4) is 0 Å². The number of sulfonamides is 1. The number of ether oxygens (including phenoxy) is 3. The lowest BCUT2D eigenvalue weighted by Gasteiger charge is -2.46. The van der Waals surface area contributed by atoms with Crippen LogP contribution in [0, 0.1) is 11.8 Å². The van der Waals surface area contributed by atoms with Gasteiger partial charge in [-0.1, -0.05) is 29.8 Å². The van der Waals surface area contributed by atoms with Crippen LogP contribution in [0.2, 0.25) is 5.02 Å². The van der Waals surface area contributed by atoms with Crippen molar-refractivity contribution in [2.45, 2.75) is 80.3 Å². The van der Waals surface area contributed by atoms with E-state index in [4.69, 9.17) is 25.8 Å². The molecule has 0 unspecified atom stereocenters. The first kappa shape index (κ1) is 36.1. The number of aryl methyl sites for hydroxylation is 1. The highest BCUT2D eigenvalue weighted by molar-refractivity contribution is 7.90. The lowest BCUT2D eigenvalue weighted by atomic mass is 9.68. The van der Waals surface area contributed by atoms with E-state index in [1.807, 2.05) is 12.1 Å². The summed E-state index contributed by atoms with van der Waals surface area (Å²) in [5, 5.41) is 0.674. The van der Waals surface area contributed by atoms with E-state index < -0.39 is 51.3 Å². The van der Waals surface area contributed by atoms with Crippen LogP contribution in [0.1, 0.15) is 50.7 Å². The second kappa shape index (κ2) is 13.9. The van der Waals surface area contributed by atoms with E-state index in [0.717, 1.165) is 37.0 Å². The second-order valence-electron chi connectivity index (χ2n) is 15.0. The van der Waals surface area contributed by atoms with Crippen LogP contribution in [0.5, 0.6) is 5.75 Å². The Hall–Kier alpha value is -3.26. The number of likely N-dealkylation sites (tertiary alicyclic amines) is 1. The molecule has 5 aliphatic rings. The number of benzene rings is 2. The van der Waals surface area contributed by atoms with Crippen LogP contribution in [-0.4, -0.2) is 95.2 Å². The maximum atomic E-state index is 13.9. The first-order valence-electron chi connectivity index (χ1n) is 17.6. The summed E-state index contributed by atoms with van der Waals surface area (Å²) >= 11 is 6.42. The molecule has 1 saturated heterocycles. The fourth-order valence-electron chi connectivity index (χ4n) is 8.12. The predicted molar refractivity (Wildman–Crippen MR) is 187 cm³/mol. The van der Waals surface area contributed by atoms with Crippen molar-refractivity contribution in [3.8, 4) is 5.75 Å². The molecular weight excluding hydrogens is 704 g/mol. The Morgan fingerprint density at radius 3 is 2.63 bits per heavy atom. The Morgan fingerprint density at radius 2 is 1.88 bits per heavy atom. The van der Waals surface area contributed by atoms with Crippen molar-refractivity contribution in [3.63, 3.8) is 0 Å². The lowest BCUT2D eigenvalue weighted by molar-refractivity contribution is -0.140. The molecule has 51 heavy (non-hydrogen) atoms. The number of nitrogens with one attached hydrogen (secondary N) is 1. The summed E-state index contributed by atoms with van der Waals surface area (Å²) in [6, 6.07) is 10.7. The molecule has 1 N–H and O–H groups in total. The summed E-state index contributed by atoms with van der Waals surface area (Å²) in [4.78, 5) is 29.5. The molecule has 1 saturated carbocycles. The Balaban J connectivity index is 1.24. The van der Waals surface area contributed by atoms with Crippen molar-refractivity contribution in [1.29, 1.82) is 0 Å². The Bertz CT molecular complexity index is 1820. The van der Waals surface area contributed by atoms with Crippen LogP contribution < -0.4 is 14.4 Å². The van der Waals surface area contributed by atoms with Gasteiger partial charge in [0.05, 0.1) is 43.0 Å². The quantitative estimate of drug-likeness (QED) is 0.441.